The van der Waals surface area contributed by atoms with E-state index >= 15 is 0 Å². The fourth-order valence-corrected chi connectivity index (χ4v) is 6.74. The van der Waals surface area contributed by atoms with Crippen LogP contribution in [0.4, 0.5) is 5.69 Å². The average Bonchev–Trinajstić information content (AvgIpc) is 2.90. The molecule has 1 unspecified atom stereocenters. The van der Waals surface area contributed by atoms with E-state index in [2.05, 4.69) is 165 Å². The van der Waals surface area contributed by atoms with Crippen LogP contribution in [0.5, 0.6) is 0 Å². The minimum absolute atomic E-state index is 0. The quantitative estimate of drug-likeness (QED) is 0.212. The molecule has 5 heteroatoms. The van der Waals surface area contributed by atoms with E-state index in [-0.39, 0.29) is 22.9 Å². The molecule has 36 heavy (non-hydrogen) atoms. The van der Waals surface area contributed by atoms with Crippen LogP contribution in [0.25, 0.3) is 0 Å². The Balaban J connectivity index is 0.000000442. The van der Waals surface area contributed by atoms with Crippen molar-refractivity contribution in [2.75, 3.05) is 46.6 Å². The first-order valence-corrected chi connectivity index (χ1v) is 13.8. The molecule has 0 spiro atoms. The Bertz CT molecular complexity index is 1030. The van der Waals surface area contributed by atoms with Gasteiger partial charge in [0.05, 0.1) is 18.5 Å². The van der Waals surface area contributed by atoms with E-state index in [1.807, 2.05) is 0 Å². The zero-order chi connectivity index (χ0) is 24.9. The Morgan fingerprint density at radius 2 is 0.917 bits per heavy atom. The number of rotatable bonds is 9. The number of nitrogens with zero attached hydrogens (tertiary/aromatic N) is 2. The van der Waals surface area contributed by atoms with E-state index in [0.717, 1.165) is 18.8 Å². The number of nitrogens with one attached hydrogen (secondary N) is 1. The Morgan fingerprint density at radius 1 is 0.556 bits per heavy atom. The molecule has 0 aromatic heterocycles. The predicted molar refractivity (Wildman–Crippen MR) is 157 cm³/mol. The van der Waals surface area contributed by atoms with Gasteiger partial charge in [-0.25, -0.2) is 0 Å². The molecule has 0 saturated carbocycles. The fraction of sp³-hybridized carbons (Fsp3) is 0.226. The zero-order valence-corrected chi connectivity index (χ0v) is 23.7. The smallest absolute Gasteiger partial charge is 0.347 e. The molecule has 4 aromatic carbocycles. The summed E-state index contributed by atoms with van der Waals surface area (Å²) in [6.45, 7) is 2.29. The summed E-state index contributed by atoms with van der Waals surface area (Å²) in [7, 11) is 7.25. The number of benzene rings is 4. The first-order valence-electron chi connectivity index (χ1n) is 12.2. The Kier molecular flexibility index (Phi) is 13.5. The van der Waals surface area contributed by atoms with Crippen LogP contribution in [-0.2, 0) is 17.1 Å². The van der Waals surface area contributed by atoms with Gasteiger partial charge in [0.25, 0.3) is 0 Å². The van der Waals surface area contributed by atoms with Gasteiger partial charge in [0.1, 0.15) is 0 Å². The van der Waals surface area contributed by atoms with Crippen molar-refractivity contribution in [2.24, 2.45) is 0 Å². The van der Waals surface area contributed by atoms with Crippen molar-refractivity contribution in [3.05, 3.63) is 127 Å². The van der Waals surface area contributed by atoms with Gasteiger partial charge >= 0.3 is 17.1 Å². The van der Waals surface area contributed by atoms with Gasteiger partial charge in [-0.05, 0) is 64.6 Å². The van der Waals surface area contributed by atoms with Crippen LogP contribution in [0.1, 0.15) is 11.3 Å². The maximum atomic E-state index is 3.84. The Morgan fingerprint density at radius 3 is 1.31 bits per heavy atom. The predicted octanol–water partition coefficient (Wildman–Crippen LogP) is 5.77. The molecule has 0 amide bonds. The van der Waals surface area contributed by atoms with Gasteiger partial charge in [-0.1, -0.05) is 84.9 Å². The van der Waals surface area contributed by atoms with Crippen molar-refractivity contribution >= 4 is 24.2 Å². The molecule has 0 bridgehead atoms. The Hall–Kier alpha value is -2.45. The second-order valence-corrected chi connectivity index (χ2v) is 11.7. The third-order valence-electron chi connectivity index (χ3n) is 5.67. The third-order valence-corrected chi connectivity index (χ3v) is 8.64. The summed E-state index contributed by atoms with van der Waals surface area (Å²) in [5, 5.41) is 6.65. The third kappa shape index (κ3) is 9.90. The second-order valence-electron chi connectivity index (χ2n) is 9.11. The molecule has 0 heterocycles. The molecule has 0 fully saturated rings. The average molecular weight is 548 g/mol. The number of hydrogen-bond donors (Lipinski definition) is 1. The molecule has 1 atom stereocenters. The molecule has 3 nitrogen and oxygen atoms in total. The molecule has 0 aliphatic heterocycles. The van der Waals surface area contributed by atoms with Gasteiger partial charge in [-0.15, -0.1) is 0 Å². The van der Waals surface area contributed by atoms with Crippen LogP contribution in [0.15, 0.2) is 121 Å². The van der Waals surface area contributed by atoms with E-state index in [1.165, 1.54) is 16.2 Å². The maximum Gasteiger partial charge on any atom is 1.00 e. The topological polar surface area (TPSA) is 18.5 Å². The van der Waals surface area contributed by atoms with Gasteiger partial charge < -0.3 is 15.1 Å². The largest absolute Gasteiger partial charge is 1.00 e. The van der Waals surface area contributed by atoms with E-state index in [1.54, 1.807) is 0 Å². The summed E-state index contributed by atoms with van der Waals surface area (Å²) < 4.78 is 0. The van der Waals surface area contributed by atoms with E-state index in [0.29, 0.717) is 0 Å². The molecule has 1 N–H and O–H groups in total. The van der Waals surface area contributed by atoms with Gasteiger partial charge in [-0.2, -0.15) is 0 Å². The summed E-state index contributed by atoms with van der Waals surface area (Å²) in [6, 6.07) is 43.2. The zero-order valence-electron chi connectivity index (χ0n) is 21.7. The van der Waals surface area contributed by atoms with Crippen LogP contribution in [0.3, 0.4) is 0 Å². The standard InChI is InChI=1S/C25H22NP.C6H16N2.Cu/c1-5-13-21(14-6-1)25(26-22-15-7-2-8-16-22)27(23-17-9-3-10-18-23)24-19-11-4-12-20-24;1-7(2)5-6-8(3)4;/h1-20,25-26H;5-6H2,1-4H3;/q;;+1/p+1. The van der Waals surface area contributed by atoms with Crippen LogP contribution >= 0.6 is 7.92 Å². The minimum atomic E-state index is -1.10. The first-order chi connectivity index (χ1) is 17.0. The Labute approximate surface area is 229 Å². The van der Waals surface area contributed by atoms with E-state index in [4.69, 9.17) is 0 Å². The summed E-state index contributed by atoms with van der Waals surface area (Å²) in [5.74, 6) is 0.225. The van der Waals surface area contributed by atoms with Crippen molar-refractivity contribution in [1.29, 1.82) is 0 Å². The summed E-state index contributed by atoms with van der Waals surface area (Å²) in [4.78, 5) is 4.36. The van der Waals surface area contributed by atoms with Crippen LogP contribution in [0, 0.1) is 0 Å². The van der Waals surface area contributed by atoms with Gasteiger partial charge in [0, 0.05) is 24.3 Å². The molecule has 192 valence electrons. The van der Waals surface area contributed by atoms with Gasteiger partial charge in [-0.3, -0.25) is 0 Å². The summed E-state index contributed by atoms with van der Waals surface area (Å²) >= 11 is 0. The molecular weight excluding hydrogens is 509 g/mol. The van der Waals surface area contributed by atoms with Crippen molar-refractivity contribution in [2.45, 2.75) is 5.78 Å². The van der Waals surface area contributed by atoms with Crippen molar-refractivity contribution < 1.29 is 17.1 Å². The minimum Gasteiger partial charge on any atom is -0.347 e. The summed E-state index contributed by atoms with van der Waals surface area (Å²) in [5.41, 5.74) is 2.48. The van der Waals surface area contributed by atoms with E-state index < -0.39 is 7.92 Å². The first kappa shape index (κ1) is 29.8. The van der Waals surface area contributed by atoms with Crippen LogP contribution in [0.2, 0.25) is 0 Å². The maximum absolute atomic E-state index is 3.84. The van der Waals surface area contributed by atoms with Crippen molar-refractivity contribution in [1.82, 2.24) is 9.80 Å². The summed E-state index contributed by atoms with van der Waals surface area (Å²) in [6.07, 6.45) is 0. The molecular formula is C31H39CuN3P+2. The van der Waals surface area contributed by atoms with Crippen molar-refractivity contribution in [3.8, 4) is 0 Å². The van der Waals surface area contributed by atoms with Crippen LogP contribution in [-0.4, -0.2) is 51.1 Å². The van der Waals surface area contributed by atoms with Gasteiger partial charge in [0.2, 0.25) is 0 Å². The number of anilines is 1. The van der Waals surface area contributed by atoms with Gasteiger partial charge in [0.15, 0.2) is 5.78 Å². The molecule has 0 saturated heterocycles. The molecule has 0 aliphatic carbocycles. The van der Waals surface area contributed by atoms with Crippen molar-refractivity contribution in [3.63, 3.8) is 0 Å². The van der Waals surface area contributed by atoms with Crippen LogP contribution < -0.4 is 15.9 Å². The fourth-order valence-electron chi connectivity index (χ4n) is 3.80. The molecule has 0 aliphatic rings. The molecule has 4 aromatic rings. The molecule has 4 rings (SSSR count). The number of likely N-dealkylation sites (N-methyl/N-ethyl adjacent to an activating group) is 2. The monoisotopic (exact) mass is 547 g/mol. The number of hydrogen-bond acceptors (Lipinski definition) is 3. The normalized spacial score (nSPS) is 11.4. The van der Waals surface area contributed by atoms with E-state index in [9.17, 15) is 0 Å². The second kappa shape index (κ2) is 16.3. The molecule has 0 radical (unpaired) electrons. The SMILES string of the molecule is CN(C)CCN(C)C.[Cu+].c1ccc(NC(c2ccccc2)[PH+](c2ccccc2)c2ccccc2)cc1. The number of para-hydroxylation sites is 1.